The first kappa shape index (κ1) is 6.43. The van der Waals surface area contributed by atoms with Gasteiger partial charge in [-0.15, -0.1) is 11.8 Å². The molecule has 0 radical (unpaired) electrons. The third-order valence-corrected chi connectivity index (χ3v) is 2.86. The molecule has 1 aliphatic heterocycles. The van der Waals surface area contributed by atoms with Gasteiger partial charge < -0.3 is 5.73 Å². The van der Waals surface area contributed by atoms with Gasteiger partial charge in [0.25, 0.3) is 0 Å². The standard InChI is InChI=1S/C6H13NS/c1-6(7)4-2-3-5-8-6/h2-5,7H2,1H3. The lowest BCUT2D eigenvalue weighted by molar-refractivity contribution is 0.553. The molecule has 0 aromatic rings. The molecule has 0 spiro atoms. The summed E-state index contributed by atoms with van der Waals surface area (Å²) in [5.41, 5.74) is 5.84. The van der Waals surface area contributed by atoms with Gasteiger partial charge in [0.1, 0.15) is 0 Å². The van der Waals surface area contributed by atoms with E-state index in [1.807, 2.05) is 11.8 Å². The Morgan fingerprint density at radius 2 is 2.25 bits per heavy atom. The molecule has 1 unspecified atom stereocenters. The van der Waals surface area contributed by atoms with Crippen molar-refractivity contribution in [1.82, 2.24) is 0 Å². The summed E-state index contributed by atoms with van der Waals surface area (Å²) in [6.45, 7) is 2.12. The van der Waals surface area contributed by atoms with E-state index in [1.54, 1.807) is 0 Å². The molecule has 0 saturated carbocycles. The van der Waals surface area contributed by atoms with E-state index in [9.17, 15) is 0 Å². The second-order valence-electron chi connectivity index (χ2n) is 2.62. The van der Waals surface area contributed by atoms with Crippen LogP contribution in [0.1, 0.15) is 26.2 Å². The van der Waals surface area contributed by atoms with Gasteiger partial charge in [-0.25, -0.2) is 0 Å². The van der Waals surface area contributed by atoms with E-state index >= 15 is 0 Å². The Morgan fingerprint density at radius 1 is 1.50 bits per heavy atom. The highest BCUT2D eigenvalue weighted by molar-refractivity contribution is 8.00. The molecule has 2 N–H and O–H groups in total. The average Bonchev–Trinajstić information content (AvgIpc) is 1.65. The van der Waals surface area contributed by atoms with Gasteiger partial charge in [-0.05, 0) is 31.9 Å². The molecule has 0 bridgehead atoms. The molecular weight excluding hydrogens is 118 g/mol. The van der Waals surface area contributed by atoms with Gasteiger partial charge in [0, 0.05) is 0 Å². The number of rotatable bonds is 0. The fourth-order valence-corrected chi connectivity index (χ4v) is 2.06. The smallest absolute Gasteiger partial charge is 0.0591 e. The number of hydrogen-bond donors (Lipinski definition) is 1. The first-order valence-electron chi connectivity index (χ1n) is 3.14. The predicted octanol–water partition coefficient (Wildman–Crippen LogP) is 1.58. The lowest BCUT2D eigenvalue weighted by Gasteiger charge is -2.27. The molecule has 48 valence electrons. The van der Waals surface area contributed by atoms with Crippen LogP contribution >= 0.6 is 11.8 Å². The summed E-state index contributed by atoms with van der Waals surface area (Å²) in [7, 11) is 0. The van der Waals surface area contributed by atoms with Crippen molar-refractivity contribution in [2.45, 2.75) is 31.1 Å². The van der Waals surface area contributed by atoms with Crippen LogP contribution in [-0.4, -0.2) is 10.6 Å². The van der Waals surface area contributed by atoms with Crippen molar-refractivity contribution in [2.24, 2.45) is 5.73 Å². The summed E-state index contributed by atoms with van der Waals surface area (Å²) in [5, 5.41) is 0. The highest BCUT2D eigenvalue weighted by Crippen LogP contribution is 2.30. The molecule has 0 aliphatic carbocycles. The van der Waals surface area contributed by atoms with Gasteiger partial charge in [-0.2, -0.15) is 0 Å². The van der Waals surface area contributed by atoms with Crippen LogP contribution in [0.15, 0.2) is 0 Å². The van der Waals surface area contributed by atoms with Gasteiger partial charge in [0.15, 0.2) is 0 Å². The third kappa shape index (κ3) is 1.67. The Kier molecular flexibility index (Phi) is 1.83. The minimum atomic E-state index is 0.0955. The second-order valence-corrected chi connectivity index (χ2v) is 4.25. The van der Waals surface area contributed by atoms with Crippen LogP contribution in [0.2, 0.25) is 0 Å². The van der Waals surface area contributed by atoms with Crippen molar-refractivity contribution in [3.63, 3.8) is 0 Å². The Balaban J connectivity index is 2.33. The molecule has 0 aromatic heterocycles. The maximum atomic E-state index is 5.84. The topological polar surface area (TPSA) is 26.0 Å². The monoisotopic (exact) mass is 131 g/mol. The molecule has 0 amide bonds. The maximum Gasteiger partial charge on any atom is 0.0591 e. The normalized spacial score (nSPS) is 39.8. The van der Waals surface area contributed by atoms with Crippen LogP contribution in [0.4, 0.5) is 0 Å². The Hall–Kier alpha value is 0.310. The average molecular weight is 131 g/mol. The molecule has 1 fully saturated rings. The number of hydrogen-bond acceptors (Lipinski definition) is 2. The van der Waals surface area contributed by atoms with E-state index in [4.69, 9.17) is 5.73 Å². The lowest BCUT2D eigenvalue weighted by atomic mass is 10.1. The number of nitrogens with two attached hydrogens (primary N) is 1. The van der Waals surface area contributed by atoms with Gasteiger partial charge in [0.05, 0.1) is 4.87 Å². The fraction of sp³-hybridized carbons (Fsp3) is 1.00. The largest absolute Gasteiger partial charge is 0.317 e. The molecule has 0 aromatic carbocycles. The zero-order valence-electron chi connectivity index (χ0n) is 5.31. The Bertz CT molecular complexity index is 72.6. The summed E-state index contributed by atoms with van der Waals surface area (Å²) in [5.74, 6) is 1.26. The minimum Gasteiger partial charge on any atom is -0.317 e. The minimum absolute atomic E-state index is 0.0955. The predicted molar refractivity (Wildman–Crippen MR) is 38.9 cm³/mol. The molecule has 2 heteroatoms. The molecule has 1 heterocycles. The van der Waals surface area contributed by atoms with Crippen LogP contribution in [-0.2, 0) is 0 Å². The summed E-state index contributed by atoms with van der Waals surface area (Å²) in [6.07, 6.45) is 3.87. The van der Waals surface area contributed by atoms with Gasteiger partial charge >= 0.3 is 0 Å². The van der Waals surface area contributed by atoms with Crippen molar-refractivity contribution >= 4 is 11.8 Å². The van der Waals surface area contributed by atoms with Crippen molar-refractivity contribution in [3.05, 3.63) is 0 Å². The van der Waals surface area contributed by atoms with E-state index < -0.39 is 0 Å². The van der Waals surface area contributed by atoms with E-state index in [1.165, 1.54) is 25.0 Å². The molecule has 1 rings (SSSR count). The van der Waals surface area contributed by atoms with E-state index in [0.717, 1.165) is 0 Å². The van der Waals surface area contributed by atoms with Crippen molar-refractivity contribution in [2.75, 3.05) is 5.75 Å². The quantitative estimate of drug-likeness (QED) is 0.540. The second kappa shape index (κ2) is 2.28. The zero-order valence-corrected chi connectivity index (χ0v) is 6.13. The van der Waals surface area contributed by atoms with Crippen LogP contribution in [0.5, 0.6) is 0 Å². The molecule has 1 saturated heterocycles. The first-order valence-corrected chi connectivity index (χ1v) is 4.12. The van der Waals surface area contributed by atoms with Crippen LogP contribution in [0.25, 0.3) is 0 Å². The number of thioether (sulfide) groups is 1. The summed E-state index contributed by atoms with van der Waals surface area (Å²) in [6, 6.07) is 0. The van der Waals surface area contributed by atoms with Crippen LogP contribution < -0.4 is 5.73 Å². The van der Waals surface area contributed by atoms with E-state index in [0.29, 0.717) is 0 Å². The highest BCUT2D eigenvalue weighted by Gasteiger charge is 2.21. The molecule has 1 atom stereocenters. The van der Waals surface area contributed by atoms with Crippen LogP contribution in [0.3, 0.4) is 0 Å². The van der Waals surface area contributed by atoms with Crippen molar-refractivity contribution < 1.29 is 0 Å². The summed E-state index contributed by atoms with van der Waals surface area (Å²) >= 11 is 1.90. The molecular formula is C6H13NS. The van der Waals surface area contributed by atoms with Crippen molar-refractivity contribution in [3.8, 4) is 0 Å². The van der Waals surface area contributed by atoms with E-state index in [2.05, 4.69) is 6.92 Å². The molecule has 1 aliphatic rings. The summed E-state index contributed by atoms with van der Waals surface area (Å²) in [4.78, 5) is 0.0955. The maximum absolute atomic E-state index is 5.84. The van der Waals surface area contributed by atoms with Crippen LogP contribution in [0, 0.1) is 0 Å². The Morgan fingerprint density at radius 3 is 2.50 bits per heavy atom. The molecule has 1 nitrogen and oxygen atoms in total. The van der Waals surface area contributed by atoms with Gasteiger partial charge in [0.2, 0.25) is 0 Å². The SMILES string of the molecule is CC1(N)CCCCS1. The lowest BCUT2D eigenvalue weighted by Crippen LogP contribution is -2.34. The highest BCUT2D eigenvalue weighted by atomic mass is 32.2. The van der Waals surface area contributed by atoms with Gasteiger partial charge in [-0.1, -0.05) is 0 Å². The fourth-order valence-electron chi connectivity index (χ4n) is 0.956. The Labute approximate surface area is 55.0 Å². The van der Waals surface area contributed by atoms with Gasteiger partial charge in [-0.3, -0.25) is 0 Å². The summed E-state index contributed by atoms with van der Waals surface area (Å²) < 4.78 is 0. The van der Waals surface area contributed by atoms with Crippen molar-refractivity contribution in [1.29, 1.82) is 0 Å². The zero-order chi connectivity index (χ0) is 6.04. The third-order valence-electron chi connectivity index (χ3n) is 1.50. The first-order chi connectivity index (χ1) is 3.71. The molecule has 8 heavy (non-hydrogen) atoms. The van der Waals surface area contributed by atoms with E-state index in [-0.39, 0.29) is 4.87 Å².